The van der Waals surface area contributed by atoms with E-state index in [1.807, 2.05) is 38.1 Å². The van der Waals surface area contributed by atoms with E-state index in [0.29, 0.717) is 24.6 Å². The van der Waals surface area contributed by atoms with Gasteiger partial charge in [0.15, 0.2) is 0 Å². The van der Waals surface area contributed by atoms with Crippen molar-refractivity contribution in [2.75, 3.05) is 5.32 Å². The van der Waals surface area contributed by atoms with Gasteiger partial charge in [-0.2, -0.15) is 5.10 Å². The van der Waals surface area contributed by atoms with E-state index in [1.165, 1.54) is 0 Å². The van der Waals surface area contributed by atoms with Gasteiger partial charge < -0.3 is 10.6 Å². The molecule has 134 valence electrons. The van der Waals surface area contributed by atoms with Gasteiger partial charge in [0, 0.05) is 24.3 Å². The first kappa shape index (κ1) is 18.7. The number of amides is 2. The van der Waals surface area contributed by atoms with Gasteiger partial charge in [0.1, 0.15) is 5.69 Å². The van der Waals surface area contributed by atoms with Gasteiger partial charge in [0.2, 0.25) is 5.91 Å². The van der Waals surface area contributed by atoms with E-state index in [0.717, 1.165) is 29.8 Å². The Bertz CT molecular complexity index is 722. The highest BCUT2D eigenvalue weighted by atomic mass is 16.2. The summed E-state index contributed by atoms with van der Waals surface area (Å²) in [6, 6.07) is 9.26. The molecule has 0 spiro atoms. The minimum Gasteiger partial charge on any atom is -0.347 e. The van der Waals surface area contributed by atoms with Crippen molar-refractivity contribution in [1.29, 1.82) is 0 Å². The van der Waals surface area contributed by atoms with Crippen molar-refractivity contribution in [3.05, 3.63) is 47.3 Å². The number of aromatic amines is 1. The predicted octanol–water partition coefficient (Wildman–Crippen LogP) is 3.28. The second-order valence-electron chi connectivity index (χ2n) is 6.56. The van der Waals surface area contributed by atoms with Crippen LogP contribution in [0.1, 0.15) is 55.4 Å². The molecule has 0 aliphatic heterocycles. The largest absolute Gasteiger partial charge is 0.347 e. The number of H-pyrrole nitrogens is 1. The first-order chi connectivity index (χ1) is 12.0. The van der Waals surface area contributed by atoms with E-state index in [4.69, 9.17) is 0 Å². The minimum atomic E-state index is -0.215. The van der Waals surface area contributed by atoms with Crippen molar-refractivity contribution in [2.24, 2.45) is 5.92 Å². The predicted molar refractivity (Wildman–Crippen MR) is 98.3 cm³/mol. The van der Waals surface area contributed by atoms with E-state index in [2.05, 4.69) is 27.8 Å². The third-order valence-corrected chi connectivity index (χ3v) is 3.64. The number of hydrogen-bond donors (Lipinski definition) is 3. The zero-order valence-corrected chi connectivity index (χ0v) is 15.1. The lowest BCUT2D eigenvalue weighted by Gasteiger charge is -2.09. The van der Waals surface area contributed by atoms with Crippen molar-refractivity contribution < 1.29 is 9.59 Å². The van der Waals surface area contributed by atoms with Crippen LogP contribution in [-0.2, 0) is 17.8 Å². The van der Waals surface area contributed by atoms with Crippen LogP contribution in [0.4, 0.5) is 5.69 Å². The first-order valence-corrected chi connectivity index (χ1v) is 8.69. The molecule has 0 radical (unpaired) electrons. The number of nitrogens with zero attached hydrogens (tertiary/aromatic N) is 1. The molecule has 0 atom stereocenters. The van der Waals surface area contributed by atoms with E-state index >= 15 is 0 Å². The standard InChI is InChI=1S/C19H26N4O2/c1-4-6-16-11-17(23-22-16)19(25)20-12-14-7-5-8-15(10-14)21-18(24)9-13(2)3/h5,7-8,10-11,13H,4,6,9,12H2,1-3H3,(H,20,25)(H,21,24)(H,22,23). The van der Waals surface area contributed by atoms with Crippen molar-refractivity contribution in [3.8, 4) is 0 Å². The zero-order chi connectivity index (χ0) is 18.2. The average molecular weight is 342 g/mol. The van der Waals surface area contributed by atoms with E-state index in [1.54, 1.807) is 6.07 Å². The zero-order valence-electron chi connectivity index (χ0n) is 15.1. The van der Waals surface area contributed by atoms with Gasteiger partial charge in [0.25, 0.3) is 5.91 Å². The van der Waals surface area contributed by atoms with Crippen LogP contribution in [0.3, 0.4) is 0 Å². The lowest BCUT2D eigenvalue weighted by Crippen LogP contribution is -2.23. The summed E-state index contributed by atoms with van der Waals surface area (Å²) in [5.74, 6) is 0.0953. The summed E-state index contributed by atoms with van der Waals surface area (Å²) in [6.07, 6.45) is 2.36. The second kappa shape index (κ2) is 9.01. The van der Waals surface area contributed by atoms with Crippen LogP contribution >= 0.6 is 0 Å². The maximum atomic E-state index is 12.2. The molecule has 25 heavy (non-hydrogen) atoms. The Hall–Kier alpha value is -2.63. The Morgan fingerprint density at radius 1 is 1.24 bits per heavy atom. The van der Waals surface area contributed by atoms with Gasteiger partial charge in [-0.3, -0.25) is 14.7 Å². The highest BCUT2D eigenvalue weighted by Crippen LogP contribution is 2.12. The van der Waals surface area contributed by atoms with Gasteiger partial charge in [-0.05, 0) is 36.1 Å². The second-order valence-corrected chi connectivity index (χ2v) is 6.56. The fourth-order valence-corrected chi connectivity index (χ4v) is 2.49. The Labute approximate surface area is 148 Å². The van der Waals surface area contributed by atoms with Gasteiger partial charge in [0.05, 0.1) is 0 Å². The molecule has 6 heteroatoms. The third-order valence-electron chi connectivity index (χ3n) is 3.64. The van der Waals surface area contributed by atoms with Crippen molar-refractivity contribution in [1.82, 2.24) is 15.5 Å². The maximum absolute atomic E-state index is 12.2. The molecule has 1 aromatic carbocycles. The van der Waals surface area contributed by atoms with Crippen LogP contribution < -0.4 is 10.6 Å². The van der Waals surface area contributed by atoms with Crippen molar-refractivity contribution >= 4 is 17.5 Å². The number of aryl methyl sites for hydroxylation is 1. The van der Waals surface area contributed by atoms with Gasteiger partial charge in [-0.15, -0.1) is 0 Å². The molecule has 0 unspecified atom stereocenters. The molecule has 2 rings (SSSR count). The summed E-state index contributed by atoms with van der Waals surface area (Å²) >= 11 is 0. The number of carbonyl (C=O) groups is 2. The molecular formula is C19H26N4O2. The number of aromatic nitrogens is 2. The molecule has 0 aliphatic rings. The first-order valence-electron chi connectivity index (χ1n) is 8.69. The third kappa shape index (κ3) is 6.06. The molecule has 2 aromatic rings. The highest BCUT2D eigenvalue weighted by Gasteiger charge is 2.10. The fraction of sp³-hybridized carbons (Fsp3) is 0.421. The van der Waals surface area contributed by atoms with Crippen LogP contribution in [0.5, 0.6) is 0 Å². The molecule has 0 bridgehead atoms. The lowest BCUT2D eigenvalue weighted by atomic mass is 10.1. The molecule has 1 heterocycles. The number of anilines is 1. The topological polar surface area (TPSA) is 86.9 Å². The summed E-state index contributed by atoms with van der Waals surface area (Å²) in [5, 5.41) is 12.6. The Morgan fingerprint density at radius 2 is 2.04 bits per heavy atom. The molecule has 2 amide bonds. The van der Waals surface area contributed by atoms with Gasteiger partial charge in [-0.1, -0.05) is 39.3 Å². The summed E-state index contributed by atoms with van der Waals surface area (Å²) in [6.45, 7) is 6.47. The molecule has 0 saturated heterocycles. The normalized spacial score (nSPS) is 10.7. The number of nitrogens with one attached hydrogen (secondary N) is 3. The SMILES string of the molecule is CCCc1cc(C(=O)NCc2cccc(NC(=O)CC(C)C)c2)n[nH]1. The molecule has 3 N–H and O–H groups in total. The van der Waals surface area contributed by atoms with Gasteiger partial charge in [-0.25, -0.2) is 0 Å². The number of hydrogen-bond acceptors (Lipinski definition) is 3. The van der Waals surface area contributed by atoms with Crippen molar-refractivity contribution in [2.45, 2.75) is 46.6 Å². The number of carbonyl (C=O) groups excluding carboxylic acids is 2. The Kier molecular flexibility index (Phi) is 6.74. The molecular weight excluding hydrogens is 316 g/mol. The molecule has 0 fully saturated rings. The van der Waals surface area contributed by atoms with E-state index in [9.17, 15) is 9.59 Å². The van der Waals surface area contributed by atoms with Crippen LogP contribution in [0, 0.1) is 5.92 Å². The molecule has 1 aromatic heterocycles. The lowest BCUT2D eigenvalue weighted by molar-refractivity contribution is -0.116. The summed E-state index contributed by atoms with van der Waals surface area (Å²) in [7, 11) is 0. The summed E-state index contributed by atoms with van der Waals surface area (Å²) < 4.78 is 0. The quantitative estimate of drug-likeness (QED) is 0.688. The number of benzene rings is 1. The highest BCUT2D eigenvalue weighted by molar-refractivity contribution is 5.92. The van der Waals surface area contributed by atoms with Gasteiger partial charge >= 0.3 is 0 Å². The Balaban J connectivity index is 1.90. The summed E-state index contributed by atoms with van der Waals surface area (Å²) in [5.41, 5.74) is 3.01. The molecule has 6 nitrogen and oxygen atoms in total. The van der Waals surface area contributed by atoms with Crippen LogP contribution in [0.15, 0.2) is 30.3 Å². The summed E-state index contributed by atoms with van der Waals surface area (Å²) in [4.78, 5) is 24.0. The minimum absolute atomic E-state index is 0.00355. The number of rotatable bonds is 8. The van der Waals surface area contributed by atoms with Crippen LogP contribution in [0.2, 0.25) is 0 Å². The molecule has 0 aliphatic carbocycles. The monoisotopic (exact) mass is 342 g/mol. The average Bonchev–Trinajstić information content (AvgIpc) is 3.01. The Morgan fingerprint density at radius 3 is 2.76 bits per heavy atom. The smallest absolute Gasteiger partial charge is 0.272 e. The van der Waals surface area contributed by atoms with E-state index < -0.39 is 0 Å². The molecule has 0 saturated carbocycles. The van der Waals surface area contributed by atoms with Crippen LogP contribution in [0.25, 0.3) is 0 Å². The van der Waals surface area contributed by atoms with Crippen LogP contribution in [-0.4, -0.2) is 22.0 Å². The van der Waals surface area contributed by atoms with E-state index in [-0.39, 0.29) is 11.8 Å². The maximum Gasteiger partial charge on any atom is 0.272 e. The fourth-order valence-electron chi connectivity index (χ4n) is 2.49. The van der Waals surface area contributed by atoms with Crippen molar-refractivity contribution in [3.63, 3.8) is 0 Å².